The molecule has 2 unspecified atom stereocenters. The largest absolute Gasteiger partial charge is 0.460 e. The number of aliphatic hydroxyl groups is 1. The van der Waals surface area contributed by atoms with E-state index in [1.54, 1.807) is 24.5 Å². The first-order valence-corrected chi connectivity index (χ1v) is 8.69. The highest BCUT2D eigenvalue weighted by Crippen LogP contribution is 2.35. The van der Waals surface area contributed by atoms with Crippen LogP contribution in [0.2, 0.25) is 0 Å². The Hall–Kier alpha value is -1.46. The number of nitrogens with zero attached hydrogens (tertiary/aromatic N) is 1. The summed E-state index contributed by atoms with van der Waals surface area (Å²) in [7, 11) is 0. The first kappa shape index (κ1) is 16.4. The molecule has 1 aliphatic carbocycles. The molecular formula is C18H26N2O3. The van der Waals surface area contributed by atoms with E-state index in [0.29, 0.717) is 17.9 Å². The van der Waals surface area contributed by atoms with E-state index in [1.807, 2.05) is 0 Å². The summed E-state index contributed by atoms with van der Waals surface area (Å²) < 4.78 is 5.48. The first-order valence-electron chi connectivity index (χ1n) is 8.69. The van der Waals surface area contributed by atoms with Gasteiger partial charge in [0.15, 0.2) is 0 Å². The zero-order valence-electron chi connectivity index (χ0n) is 13.4. The third kappa shape index (κ3) is 3.90. The Morgan fingerprint density at radius 3 is 2.65 bits per heavy atom. The van der Waals surface area contributed by atoms with Crippen molar-refractivity contribution in [1.82, 2.24) is 4.98 Å². The van der Waals surface area contributed by atoms with Gasteiger partial charge < -0.3 is 15.6 Å². The van der Waals surface area contributed by atoms with Gasteiger partial charge in [-0.05, 0) is 30.0 Å². The van der Waals surface area contributed by atoms with Crippen molar-refractivity contribution >= 4 is 5.97 Å². The van der Waals surface area contributed by atoms with Gasteiger partial charge in [0.05, 0.1) is 12.0 Å². The van der Waals surface area contributed by atoms with Crippen LogP contribution < -0.4 is 5.73 Å². The Morgan fingerprint density at radius 2 is 1.96 bits per heavy atom. The lowest BCUT2D eigenvalue weighted by Gasteiger charge is -2.26. The van der Waals surface area contributed by atoms with Gasteiger partial charge in [0.25, 0.3) is 0 Å². The molecule has 5 heteroatoms. The zero-order chi connectivity index (χ0) is 16.2. The molecule has 1 aromatic rings. The monoisotopic (exact) mass is 318 g/mol. The molecule has 3 N–H and O–H groups in total. The number of aromatic nitrogens is 1. The molecule has 0 amide bonds. The predicted octanol–water partition coefficient (Wildman–Crippen LogP) is 2.34. The molecule has 2 aliphatic rings. The average molecular weight is 318 g/mol. The molecule has 0 aromatic carbocycles. The van der Waals surface area contributed by atoms with Crippen LogP contribution in [0.15, 0.2) is 24.5 Å². The van der Waals surface area contributed by atoms with E-state index in [2.05, 4.69) is 4.98 Å². The van der Waals surface area contributed by atoms with Crippen LogP contribution in [0, 0.1) is 11.8 Å². The molecule has 2 fully saturated rings. The molecule has 4 atom stereocenters. The Morgan fingerprint density at radius 1 is 1.26 bits per heavy atom. The van der Waals surface area contributed by atoms with Crippen LogP contribution in [-0.2, 0) is 9.53 Å². The summed E-state index contributed by atoms with van der Waals surface area (Å²) in [5.41, 5.74) is 7.00. The van der Waals surface area contributed by atoms with Gasteiger partial charge in [0.1, 0.15) is 6.10 Å². The number of rotatable bonds is 5. The standard InChI is InChI=1S/C18H26N2O3/c19-15(10-12-4-2-1-3-5-12)16-11-14(18(22)23-16)17(21)13-6-8-20-9-7-13/h6-9,12,14-17,21H,1-5,10-11,19H2/t14?,15-,16-,17?/m0/s1. The molecule has 3 rings (SSSR count). The van der Waals surface area contributed by atoms with Gasteiger partial charge in [0, 0.05) is 24.9 Å². The highest BCUT2D eigenvalue weighted by molar-refractivity contribution is 5.75. The Bertz CT molecular complexity index is 516. The SMILES string of the molecule is N[C@@H](CC1CCCCC1)[C@@H]1CC(C(O)c2ccncc2)C(=O)O1. The van der Waals surface area contributed by atoms with E-state index in [0.717, 1.165) is 6.42 Å². The quantitative estimate of drug-likeness (QED) is 0.814. The molecule has 0 bridgehead atoms. The number of pyridine rings is 1. The second kappa shape index (κ2) is 7.41. The van der Waals surface area contributed by atoms with Gasteiger partial charge >= 0.3 is 5.97 Å². The van der Waals surface area contributed by atoms with Crippen LogP contribution >= 0.6 is 0 Å². The summed E-state index contributed by atoms with van der Waals surface area (Å²) in [4.78, 5) is 16.1. The van der Waals surface area contributed by atoms with E-state index < -0.39 is 12.0 Å². The van der Waals surface area contributed by atoms with Crippen LogP contribution in [0.3, 0.4) is 0 Å². The summed E-state index contributed by atoms with van der Waals surface area (Å²) in [6.07, 6.45) is 9.88. The number of carbonyl (C=O) groups excluding carboxylic acids is 1. The second-order valence-electron chi connectivity index (χ2n) is 6.95. The van der Waals surface area contributed by atoms with Gasteiger partial charge in [-0.15, -0.1) is 0 Å². The van der Waals surface area contributed by atoms with Crippen LogP contribution in [0.4, 0.5) is 0 Å². The average Bonchev–Trinajstić information content (AvgIpc) is 2.98. The van der Waals surface area contributed by atoms with Crippen molar-refractivity contribution in [3.63, 3.8) is 0 Å². The van der Waals surface area contributed by atoms with E-state index in [-0.39, 0.29) is 18.1 Å². The molecule has 0 radical (unpaired) electrons. The highest BCUT2D eigenvalue weighted by atomic mass is 16.6. The van der Waals surface area contributed by atoms with Crippen molar-refractivity contribution in [3.8, 4) is 0 Å². The van der Waals surface area contributed by atoms with Crippen molar-refractivity contribution in [3.05, 3.63) is 30.1 Å². The number of ether oxygens (including phenoxy) is 1. The summed E-state index contributed by atoms with van der Waals surface area (Å²) in [5, 5.41) is 10.4. The molecular weight excluding hydrogens is 292 g/mol. The second-order valence-corrected chi connectivity index (χ2v) is 6.95. The van der Waals surface area contributed by atoms with Crippen molar-refractivity contribution in [2.75, 3.05) is 0 Å². The fourth-order valence-corrected chi connectivity index (χ4v) is 3.90. The van der Waals surface area contributed by atoms with E-state index in [4.69, 9.17) is 10.5 Å². The summed E-state index contributed by atoms with van der Waals surface area (Å²) in [6, 6.07) is 3.33. The van der Waals surface area contributed by atoms with E-state index in [1.165, 1.54) is 32.1 Å². The summed E-state index contributed by atoms with van der Waals surface area (Å²) >= 11 is 0. The van der Waals surface area contributed by atoms with Gasteiger partial charge in [-0.25, -0.2) is 0 Å². The van der Waals surface area contributed by atoms with E-state index in [9.17, 15) is 9.90 Å². The molecule has 1 saturated carbocycles. The maximum Gasteiger partial charge on any atom is 0.312 e. The smallest absolute Gasteiger partial charge is 0.312 e. The fraction of sp³-hybridized carbons (Fsp3) is 0.667. The topological polar surface area (TPSA) is 85.4 Å². The maximum absolute atomic E-state index is 12.1. The molecule has 2 heterocycles. The van der Waals surface area contributed by atoms with Crippen molar-refractivity contribution < 1.29 is 14.6 Å². The lowest BCUT2D eigenvalue weighted by molar-refractivity contribution is -0.147. The number of esters is 1. The van der Waals surface area contributed by atoms with Gasteiger partial charge in [-0.3, -0.25) is 9.78 Å². The minimum Gasteiger partial charge on any atom is -0.460 e. The number of hydrogen-bond acceptors (Lipinski definition) is 5. The minimum atomic E-state index is -0.850. The molecule has 0 spiro atoms. The number of cyclic esters (lactones) is 1. The van der Waals surface area contributed by atoms with Crippen LogP contribution in [-0.4, -0.2) is 28.2 Å². The lowest BCUT2D eigenvalue weighted by Crippen LogP contribution is -2.36. The Balaban J connectivity index is 1.58. The number of aliphatic hydroxyl groups excluding tert-OH is 1. The van der Waals surface area contributed by atoms with Crippen molar-refractivity contribution in [2.24, 2.45) is 17.6 Å². The lowest BCUT2D eigenvalue weighted by atomic mass is 9.83. The van der Waals surface area contributed by atoms with Gasteiger partial charge in [-0.1, -0.05) is 32.1 Å². The van der Waals surface area contributed by atoms with Crippen LogP contribution in [0.1, 0.15) is 56.6 Å². The predicted molar refractivity (Wildman–Crippen MR) is 86.4 cm³/mol. The Kier molecular flexibility index (Phi) is 5.28. The molecule has 23 heavy (non-hydrogen) atoms. The molecule has 1 aliphatic heterocycles. The van der Waals surface area contributed by atoms with Crippen LogP contribution in [0.5, 0.6) is 0 Å². The highest BCUT2D eigenvalue weighted by Gasteiger charge is 2.42. The van der Waals surface area contributed by atoms with Crippen LogP contribution in [0.25, 0.3) is 0 Å². The Labute approximate surface area is 137 Å². The van der Waals surface area contributed by atoms with Gasteiger partial charge in [0.2, 0.25) is 0 Å². The molecule has 1 saturated heterocycles. The normalized spacial score (nSPS) is 28.3. The first-order chi connectivity index (χ1) is 11.1. The molecule has 5 nitrogen and oxygen atoms in total. The summed E-state index contributed by atoms with van der Waals surface area (Å²) in [6.45, 7) is 0. The third-order valence-electron chi connectivity index (χ3n) is 5.29. The zero-order valence-corrected chi connectivity index (χ0v) is 13.4. The fourth-order valence-electron chi connectivity index (χ4n) is 3.90. The van der Waals surface area contributed by atoms with E-state index >= 15 is 0 Å². The number of hydrogen-bond donors (Lipinski definition) is 2. The number of nitrogens with two attached hydrogens (primary N) is 1. The van der Waals surface area contributed by atoms with Crippen molar-refractivity contribution in [1.29, 1.82) is 0 Å². The van der Waals surface area contributed by atoms with Gasteiger partial charge in [-0.2, -0.15) is 0 Å². The minimum absolute atomic E-state index is 0.128. The molecule has 1 aromatic heterocycles. The molecule has 126 valence electrons. The van der Waals surface area contributed by atoms with Crippen molar-refractivity contribution in [2.45, 2.75) is 63.2 Å². The summed E-state index contributed by atoms with van der Waals surface area (Å²) in [5.74, 6) is -0.208. The number of carbonyl (C=O) groups is 1. The maximum atomic E-state index is 12.1. The third-order valence-corrected chi connectivity index (χ3v) is 5.29.